The number of methoxy groups -OCH3 is 1. The number of nitrogens with one attached hydrogen (secondary N) is 2. The average Bonchev–Trinajstić information content (AvgIpc) is 2.66. The predicted octanol–water partition coefficient (Wildman–Crippen LogP) is 3.37. The van der Waals surface area contributed by atoms with Gasteiger partial charge in [0.2, 0.25) is 0 Å². The van der Waals surface area contributed by atoms with Gasteiger partial charge in [0.1, 0.15) is 12.4 Å². The highest BCUT2D eigenvalue weighted by Crippen LogP contribution is 2.28. The summed E-state index contributed by atoms with van der Waals surface area (Å²) >= 11 is 0. The van der Waals surface area contributed by atoms with Gasteiger partial charge >= 0.3 is 12.0 Å². The minimum Gasteiger partial charge on any atom is -0.497 e. The Morgan fingerprint density at radius 1 is 1.04 bits per heavy atom. The summed E-state index contributed by atoms with van der Waals surface area (Å²) in [6.07, 6.45) is 0. The highest BCUT2D eigenvalue weighted by atomic mass is 16.5. The average molecular weight is 366 g/mol. The Morgan fingerprint density at radius 2 is 1.70 bits per heavy atom. The van der Waals surface area contributed by atoms with Gasteiger partial charge in [0.25, 0.3) is 0 Å². The van der Waals surface area contributed by atoms with E-state index in [4.69, 9.17) is 9.47 Å². The van der Waals surface area contributed by atoms with Crippen LogP contribution >= 0.6 is 0 Å². The van der Waals surface area contributed by atoms with Gasteiger partial charge in [-0.2, -0.15) is 0 Å². The number of amides is 2. The van der Waals surface area contributed by atoms with Crippen molar-refractivity contribution < 1.29 is 19.1 Å². The number of hydrogen-bond donors (Lipinski definition) is 2. The first-order chi connectivity index (χ1) is 13.0. The predicted molar refractivity (Wildman–Crippen MR) is 101 cm³/mol. The van der Waals surface area contributed by atoms with E-state index < -0.39 is 12.0 Å². The molecule has 1 aliphatic rings. The molecule has 3 rings (SSSR count). The monoisotopic (exact) mass is 366 g/mol. The first-order valence-corrected chi connectivity index (χ1v) is 8.63. The van der Waals surface area contributed by atoms with Gasteiger partial charge in [0.15, 0.2) is 0 Å². The molecule has 6 nitrogen and oxygen atoms in total. The van der Waals surface area contributed by atoms with Gasteiger partial charge in [0.05, 0.1) is 18.7 Å². The number of urea groups is 1. The van der Waals surface area contributed by atoms with E-state index in [9.17, 15) is 9.59 Å². The summed E-state index contributed by atoms with van der Waals surface area (Å²) in [4.78, 5) is 24.7. The third-order valence-electron chi connectivity index (χ3n) is 4.43. The van der Waals surface area contributed by atoms with Gasteiger partial charge in [-0.1, -0.05) is 42.0 Å². The zero-order valence-corrected chi connectivity index (χ0v) is 15.5. The molecule has 0 spiro atoms. The first kappa shape index (κ1) is 18.5. The molecule has 27 heavy (non-hydrogen) atoms. The van der Waals surface area contributed by atoms with E-state index in [1.54, 1.807) is 14.0 Å². The number of benzene rings is 2. The van der Waals surface area contributed by atoms with Crippen LogP contribution in [0.25, 0.3) is 0 Å². The second-order valence-electron chi connectivity index (χ2n) is 6.41. The van der Waals surface area contributed by atoms with Crippen molar-refractivity contribution in [1.82, 2.24) is 10.6 Å². The normalized spacial score (nSPS) is 16.4. The molecule has 2 aromatic carbocycles. The molecule has 0 saturated carbocycles. The van der Waals surface area contributed by atoms with Gasteiger partial charge < -0.3 is 20.1 Å². The van der Waals surface area contributed by atoms with Crippen LogP contribution in [-0.4, -0.2) is 19.1 Å². The van der Waals surface area contributed by atoms with Crippen LogP contribution in [0.1, 0.15) is 29.7 Å². The summed E-state index contributed by atoms with van der Waals surface area (Å²) < 4.78 is 10.6. The number of allylic oxidation sites excluding steroid dienone is 1. The van der Waals surface area contributed by atoms with E-state index in [-0.39, 0.29) is 12.6 Å². The maximum atomic E-state index is 12.8. The third-order valence-corrected chi connectivity index (χ3v) is 4.43. The molecular weight excluding hydrogens is 344 g/mol. The summed E-state index contributed by atoms with van der Waals surface area (Å²) in [5.41, 5.74) is 3.66. The van der Waals surface area contributed by atoms with Crippen LogP contribution in [-0.2, 0) is 16.1 Å². The van der Waals surface area contributed by atoms with Gasteiger partial charge in [-0.15, -0.1) is 0 Å². The standard InChI is InChI=1S/C21H22N2O4/c1-13-4-8-16(9-5-13)19-18(14(2)22-21(25)23-19)20(24)27-12-15-6-10-17(26-3)11-7-15/h4-11,19H,12H2,1-3H3,(H2,22,23,25). The minimum atomic E-state index is -0.553. The zero-order chi connectivity index (χ0) is 19.4. The number of aryl methyl sites for hydroxylation is 1. The van der Waals surface area contributed by atoms with E-state index in [1.807, 2.05) is 55.5 Å². The highest BCUT2D eigenvalue weighted by molar-refractivity contribution is 5.95. The summed E-state index contributed by atoms with van der Waals surface area (Å²) in [5.74, 6) is 0.267. The van der Waals surface area contributed by atoms with E-state index in [2.05, 4.69) is 10.6 Å². The van der Waals surface area contributed by atoms with Crippen LogP contribution in [0, 0.1) is 6.92 Å². The number of esters is 1. The molecule has 0 fully saturated rings. The Balaban J connectivity index is 1.79. The number of carbonyl (C=O) groups excluding carboxylic acids is 2. The lowest BCUT2D eigenvalue weighted by molar-refractivity contribution is -0.140. The summed E-state index contributed by atoms with van der Waals surface area (Å²) in [7, 11) is 1.60. The second kappa shape index (κ2) is 7.95. The van der Waals surface area contributed by atoms with E-state index in [0.29, 0.717) is 11.3 Å². The summed E-state index contributed by atoms with van der Waals surface area (Å²) in [6.45, 7) is 3.81. The summed E-state index contributed by atoms with van der Waals surface area (Å²) in [5, 5.41) is 5.45. The van der Waals surface area contributed by atoms with Crippen LogP contribution in [0.2, 0.25) is 0 Å². The van der Waals surface area contributed by atoms with Gasteiger partial charge in [-0.3, -0.25) is 0 Å². The van der Waals surface area contributed by atoms with Gasteiger partial charge in [-0.25, -0.2) is 9.59 Å². The van der Waals surface area contributed by atoms with Crippen molar-refractivity contribution in [1.29, 1.82) is 0 Å². The highest BCUT2D eigenvalue weighted by Gasteiger charge is 2.32. The Hall–Kier alpha value is -3.28. The first-order valence-electron chi connectivity index (χ1n) is 8.63. The maximum absolute atomic E-state index is 12.8. The fourth-order valence-electron chi connectivity index (χ4n) is 2.92. The molecule has 140 valence electrons. The van der Waals surface area contributed by atoms with Crippen molar-refractivity contribution in [2.24, 2.45) is 0 Å². The van der Waals surface area contributed by atoms with Crippen molar-refractivity contribution in [3.8, 4) is 5.75 Å². The minimum absolute atomic E-state index is 0.133. The topological polar surface area (TPSA) is 76.7 Å². The van der Waals surface area contributed by atoms with E-state index >= 15 is 0 Å². The number of rotatable bonds is 5. The maximum Gasteiger partial charge on any atom is 0.338 e. The molecular formula is C21H22N2O4. The summed E-state index contributed by atoms with van der Waals surface area (Å²) in [6, 6.07) is 14.1. The zero-order valence-electron chi connectivity index (χ0n) is 15.5. The van der Waals surface area contributed by atoms with E-state index in [0.717, 1.165) is 22.4 Å². The molecule has 0 aliphatic carbocycles. The fraction of sp³-hybridized carbons (Fsp3) is 0.238. The van der Waals surface area contributed by atoms with Gasteiger partial charge in [0, 0.05) is 5.70 Å². The largest absolute Gasteiger partial charge is 0.497 e. The molecule has 0 bridgehead atoms. The molecule has 0 aromatic heterocycles. The van der Waals surface area contributed by atoms with Gasteiger partial charge in [-0.05, 0) is 37.1 Å². The number of hydrogen-bond acceptors (Lipinski definition) is 4. The quantitative estimate of drug-likeness (QED) is 0.796. The smallest absolute Gasteiger partial charge is 0.338 e. The lowest BCUT2D eigenvalue weighted by atomic mass is 9.95. The van der Waals surface area contributed by atoms with Crippen molar-refractivity contribution in [3.63, 3.8) is 0 Å². The molecule has 1 heterocycles. The SMILES string of the molecule is COc1ccc(COC(=O)C2=C(C)NC(=O)NC2c2ccc(C)cc2)cc1. The Labute approximate surface area is 158 Å². The molecule has 0 radical (unpaired) electrons. The van der Waals surface area contributed by atoms with Crippen molar-refractivity contribution in [2.75, 3.05) is 7.11 Å². The Kier molecular flexibility index (Phi) is 5.45. The van der Waals surface area contributed by atoms with Crippen LogP contribution in [0.4, 0.5) is 4.79 Å². The third kappa shape index (κ3) is 4.28. The number of ether oxygens (including phenoxy) is 2. The molecule has 1 aliphatic heterocycles. The van der Waals surface area contributed by atoms with Crippen LogP contribution in [0.5, 0.6) is 5.75 Å². The Bertz CT molecular complexity index is 870. The lowest BCUT2D eigenvalue weighted by Crippen LogP contribution is -2.45. The lowest BCUT2D eigenvalue weighted by Gasteiger charge is -2.28. The van der Waals surface area contributed by atoms with E-state index in [1.165, 1.54) is 0 Å². The molecule has 2 N–H and O–H groups in total. The van der Waals surface area contributed by atoms with Crippen molar-refractivity contribution in [2.45, 2.75) is 26.5 Å². The fourth-order valence-corrected chi connectivity index (χ4v) is 2.92. The molecule has 0 saturated heterocycles. The molecule has 6 heteroatoms. The number of carbonyl (C=O) groups is 2. The molecule has 1 unspecified atom stereocenters. The molecule has 1 atom stereocenters. The van der Waals surface area contributed by atoms with Crippen molar-refractivity contribution in [3.05, 3.63) is 76.5 Å². The second-order valence-corrected chi connectivity index (χ2v) is 6.41. The van der Waals surface area contributed by atoms with Crippen LogP contribution in [0.15, 0.2) is 59.8 Å². The Morgan fingerprint density at radius 3 is 2.33 bits per heavy atom. The van der Waals surface area contributed by atoms with Crippen molar-refractivity contribution >= 4 is 12.0 Å². The molecule has 2 aromatic rings. The van der Waals surface area contributed by atoms with Crippen LogP contribution < -0.4 is 15.4 Å². The van der Waals surface area contributed by atoms with Crippen LogP contribution in [0.3, 0.4) is 0 Å². The molecule has 2 amide bonds.